The fourth-order valence-electron chi connectivity index (χ4n) is 1.56. The summed E-state index contributed by atoms with van der Waals surface area (Å²) in [5.41, 5.74) is 1.05. The number of aliphatic hydroxyl groups excluding tert-OH is 1. The third-order valence-corrected chi connectivity index (χ3v) is 3.09. The summed E-state index contributed by atoms with van der Waals surface area (Å²) < 4.78 is 13.5. The predicted molar refractivity (Wildman–Crippen MR) is 55.4 cm³/mol. The molecule has 1 aliphatic rings. The average molecular weight is 260 g/mol. The van der Waals surface area contributed by atoms with Crippen molar-refractivity contribution in [2.75, 3.05) is 13.1 Å². The zero-order chi connectivity index (χ0) is 10.1. The molecule has 0 bridgehead atoms. The van der Waals surface area contributed by atoms with Crippen molar-refractivity contribution in [2.45, 2.75) is 12.6 Å². The number of hydrogen-bond donors (Lipinski definition) is 1. The Kier molecular flexibility index (Phi) is 2.85. The Morgan fingerprint density at radius 2 is 2.21 bits per heavy atom. The number of nitrogens with zero attached hydrogens (tertiary/aromatic N) is 1. The van der Waals surface area contributed by atoms with Crippen LogP contribution in [0.15, 0.2) is 22.7 Å². The molecule has 1 N–H and O–H groups in total. The van der Waals surface area contributed by atoms with Gasteiger partial charge in [-0.1, -0.05) is 22.0 Å². The van der Waals surface area contributed by atoms with Crippen LogP contribution in [0.2, 0.25) is 0 Å². The summed E-state index contributed by atoms with van der Waals surface area (Å²) in [5.74, 6) is -0.232. The Labute approximate surface area is 90.5 Å². The minimum atomic E-state index is -0.232. The van der Waals surface area contributed by atoms with Crippen molar-refractivity contribution in [1.29, 1.82) is 0 Å². The maximum Gasteiger partial charge on any atom is 0.124 e. The largest absolute Gasteiger partial charge is 0.390 e. The Balaban J connectivity index is 2.02. The maximum absolute atomic E-state index is 12.8. The van der Waals surface area contributed by atoms with Crippen LogP contribution in [0.1, 0.15) is 5.56 Å². The van der Waals surface area contributed by atoms with Gasteiger partial charge in [0.2, 0.25) is 0 Å². The summed E-state index contributed by atoms with van der Waals surface area (Å²) in [5, 5.41) is 9.10. The summed E-state index contributed by atoms with van der Waals surface area (Å²) in [7, 11) is 0. The minimum Gasteiger partial charge on any atom is -0.390 e. The zero-order valence-electron chi connectivity index (χ0n) is 7.58. The van der Waals surface area contributed by atoms with Crippen molar-refractivity contribution < 1.29 is 9.50 Å². The third-order valence-electron chi connectivity index (χ3n) is 2.35. The zero-order valence-corrected chi connectivity index (χ0v) is 9.17. The van der Waals surface area contributed by atoms with Crippen LogP contribution in [0.25, 0.3) is 0 Å². The molecule has 0 spiro atoms. The summed E-state index contributed by atoms with van der Waals surface area (Å²) >= 11 is 3.31. The molecular weight excluding hydrogens is 249 g/mol. The van der Waals surface area contributed by atoms with Crippen LogP contribution in [0.4, 0.5) is 4.39 Å². The molecule has 0 amide bonds. The van der Waals surface area contributed by atoms with Crippen molar-refractivity contribution in [1.82, 2.24) is 4.90 Å². The van der Waals surface area contributed by atoms with Gasteiger partial charge < -0.3 is 5.11 Å². The van der Waals surface area contributed by atoms with Gasteiger partial charge in [-0.2, -0.15) is 0 Å². The van der Waals surface area contributed by atoms with E-state index in [9.17, 15) is 4.39 Å². The van der Waals surface area contributed by atoms with Gasteiger partial charge in [0.15, 0.2) is 0 Å². The number of benzene rings is 1. The molecule has 4 heteroatoms. The first-order chi connectivity index (χ1) is 6.65. The van der Waals surface area contributed by atoms with E-state index in [0.717, 1.165) is 16.6 Å². The first-order valence-corrected chi connectivity index (χ1v) is 5.29. The van der Waals surface area contributed by atoms with Gasteiger partial charge in [-0.25, -0.2) is 4.39 Å². The van der Waals surface area contributed by atoms with Gasteiger partial charge in [0.1, 0.15) is 5.82 Å². The van der Waals surface area contributed by atoms with E-state index in [1.807, 2.05) is 0 Å². The smallest absolute Gasteiger partial charge is 0.124 e. The number of rotatable bonds is 2. The number of β-amino-alcohol motifs (C(OH)–C–C–N with tert-alkyl or cyclic N) is 1. The lowest BCUT2D eigenvalue weighted by molar-refractivity contribution is -0.00298. The normalized spacial score (nSPS) is 18.2. The lowest BCUT2D eigenvalue weighted by Gasteiger charge is -2.36. The summed E-state index contributed by atoms with van der Waals surface area (Å²) in [6.07, 6.45) is -0.186. The molecule has 0 aliphatic carbocycles. The van der Waals surface area contributed by atoms with E-state index >= 15 is 0 Å². The highest BCUT2D eigenvalue weighted by molar-refractivity contribution is 9.10. The van der Waals surface area contributed by atoms with Gasteiger partial charge in [0, 0.05) is 24.1 Å². The molecule has 0 radical (unpaired) electrons. The fourth-order valence-corrected chi connectivity index (χ4v) is 2.04. The van der Waals surface area contributed by atoms with Gasteiger partial charge in [0.25, 0.3) is 0 Å². The number of hydrogen-bond acceptors (Lipinski definition) is 2. The fraction of sp³-hybridized carbons (Fsp3) is 0.400. The molecule has 1 aliphatic heterocycles. The van der Waals surface area contributed by atoms with Crippen molar-refractivity contribution in [3.05, 3.63) is 34.1 Å². The molecule has 0 saturated carbocycles. The predicted octanol–water partition coefficient (Wildman–Crippen LogP) is 1.76. The van der Waals surface area contributed by atoms with Crippen molar-refractivity contribution in [3.63, 3.8) is 0 Å². The van der Waals surface area contributed by atoms with Crippen LogP contribution < -0.4 is 0 Å². The first kappa shape index (κ1) is 10.1. The second kappa shape index (κ2) is 3.96. The second-order valence-electron chi connectivity index (χ2n) is 3.58. The summed E-state index contributed by atoms with van der Waals surface area (Å²) in [6, 6.07) is 4.69. The standard InChI is InChI=1S/C10H11BrFNO/c11-10-3-8(12)2-1-7(10)4-13-5-9(14)6-13/h1-3,9,14H,4-6H2. The molecule has 76 valence electrons. The average Bonchev–Trinajstić information content (AvgIpc) is 2.06. The van der Waals surface area contributed by atoms with Gasteiger partial charge in [-0.05, 0) is 17.7 Å². The van der Waals surface area contributed by atoms with Gasteiger partial charge in [-0.3, -0.25) is 4.90 Å². The van der Waals surface area contributed by atoms with Crippen LogP contribution in [0.5, 0.6) is 0 Å². The molecule has 0 unspecified atom stereocenters. The Bertz CT molecular complexity index is 339. The van der Waals surface area contributed by atoms with Crippen LogP contribution >= 0.6 is 15.9 Å². The minimum absolute atomic E-state index is 0.186. The molecule has 1 fully saturated rings. The lowest BCUT2D eigenvalue weighted by Crippen LogP contribution is -2.49. The summed E-state index contributed by atoms with van der Waals surface area (Å²) in [6.45, 7) is 2.19. The molecule has 1 aromatic rings. The monoisotopic (exact) mass is 259 g/mol. The SMILES string of the molecule is OC1CN(Cc2ccc(F)cc2Br)C1. The molecule has 1 saturated heterocycles. The highest BCUT2D eigenvalue weighted by atomic mass is 79.9. The van der Waals surface area contributed by atoms with Crippen LogP contribution in [-0.2, 0) is 6.54 Å². The first-order valence-electron chi connectivity index (χ1n) is 4.49. The number of halogens is 2. The highest BCUT2D eigenvalue weighted by Gasteiger charge is 2.24. The van der Waals surface area contributed by atoms with Crippen LogP contribution in [-0.4, -0.2) is 29.2 Å². The van der Waals surface area contributed by atoms with E-state index in [4.69, 9.17) is 5.11 Å². The highest BCUT2D eigenvalue weighted by Crippen LogP contribution is 2.21. The molecular formula is C10H11BrFNO. The number of likely N-dealkylation sites (tertiary alicyclic amines) is 1. The third kappa shape index (κ3) is 2.13. The van der Waals surface area contributed by atoms with E-state index in [2.05, 4.69) is 20.8 Å². The van der Waals surface area contributed by atoms with Gasteiger partial charge in [0.05, 0.1) is 6.10 Å². The number of aliphatic hydroxyl groups is 1. The molecule has 1 aromatic carbocycles. The van der Waals surface area contributed by atoms with Crippen molar-refractivity contribution in [3.8, 4) is 0 Å². The Morgan fingerprint density at radius 3 is 2.79 bits per heavy atom. The summed E-state index contributed by atoms with van der Waals surface area (Å²) in [4.78, 5) is 2.11. The van der Waals surface area contributed by atoms with Gasteiger partial charge in [-0.15, -0.1) is 0 Å². The van der Waals surface area contributed by atoms with Crippen molar-refractivity contribution >= 4 is 15.9 Å². The van der Waals surface area contributed by atoms with E-state index in [1.165, 1.54) is 12.1 Å². The molecule has 2 nitrogen and oxygen atoms in total. The molecule has 14 heavy (non-hydrogen) atoms. The molecule has 0 aromatic heterocycles. The lowest BCUT2D eigenvalue weighted by atomic mass is 10.1. The van der Waals surface area contributed by atoms with Gasteiger partial charge >= 0.3 is 0 Å². The van der Waals surface area contributed by atoms with E-state index in [-0.39, 0.29) is 11.9 Å². The van der Waals surface area contributed by atoms with Crippen LogP contribution in [0, 0.1) is 5.82 Å². The topological polar surface area (TPSA) is 23.5 Å². The van der Waals surface area contributed by atoms with Crippen LogP contribution in [0.3, 0.4) is 0 Å². The maximum atomic E-state index is 12.8. The quantitative estimate of drug-likeness (QED) is 0.875. The Hall–Kier alpha value is -0.450. The molecule has 2 rings (SSSR count). The molecule has 1 heterocycles. The van der Waals surface area contributed by atoms with Crippen molar-refractivity contribution in [2.24, 2.45) is 0 Å². The Morgan fingerprint density at radius 1 is 1.50 bits per heavy atom. The van der Waals surface area contributed by atoms with E-state index in [1.54, 1.807) is 6.07 Å². The second-order valence-corrected chi connectivity index (χ2v) is 4.44. The van der Waals surface area contributed by atoms with E-state index < -0.39 is 0 Å². The van der Waals surface area contributed by atoms with E-state index in [0.29, 0.717) is 13.1 Å². The molecule has 0 atom stereocenters.